The average molecular weight is 320 g/mol. The van der Waals surface area contributed by atoms with Crippen LogP contribution in [0.25, 0.3) is 0 Å². The van der Waals surface area contributed by atoms with E-state index in [4.69, 9.17) is 10.9 Å². The SMILES string of the molecule is CC(C)CC(CC(=O)c1nncs1)(C(N)=O)S(N)(=O)=O. The van der Waals surface area contributed by atoms with Gasteiger partial charge in [0, 0.05) is 6.42 Å². The molecule has 1 rings (SSSR count). The lowest BCUT2D eigenvalue weighted by atomic mass is 9.91. The summed E-state index contributed by atoms with van der Waals surface area (Å²) in [5.41, 5.74) is 6.56. The number of aromatic nitrogens is 2. The van der Waals surface area contributed by atoms with E-state index in [9.17, 15) is 18.0 Å². The van der Waals surface area contributed by atoms with Crippen molar-refractivity contribution in [2.45, 2.75) is 31.4 Å². The number of rotatable bonds is 7. The van der Waals surface area contributed by atoms with Gasteiger partial charge in [0.2, 0.25) is 15.9 Å². The Morgan fingerprint density at radius 2 is 2.05 bits per heavy atom. The second kappa shape index (κ2) is 5.94. The van der Waals surface area contributed by atoms with Gasteiger partial charge in [-0.1, -0.05) is 25.2 Å². The first-order chi connectivity index (χ1) is 9.10. The monoisotopic (exact) mass is 320 g/mol. The molecule has 0 radical (unpaired) electrons. The van der Waals surface area contributed by atoms with Gasteiger partial charge in [-0.25, -0.2) is 13.6 Å². The largest absolute Gasteiger partial charge is 0.368 e. The van der Waals surface area contributed by atoms with E-state index in [-0.39, 0.29) is 17.3 Å². The van der Waals surface area contributed by atoms with E-state index in [1.165, 1.54) is 5.51 Å². The first kappa shape index (κ1) is 16.7. The molecule has 8 nitrogen and oxygen atoms in total. The van der Waals surface area contributed by atoms with Gasteiger partial charge in [0.15, 0.2) is 15.5 Å². The van der Waals surface area contributed by atoms with Crippen LogP contribution in [0.1, 0.15) is 36.5 Å². The molecule has 1 amide bonds. The summed E-state index contributed by atoms with van der Waals surface area (Å²) in [6.45, 7) is 3.41. The van der Waals surface area contributed by atoms with Gasteiger partial charge in [0.1, 0.15) is 5.51 Å². The number of Topliss-reactive ketones (excluding diaryl/α,β-unsaturated/α-hetero) is 1. The van der Waals surface area contributed by atoms with Crippen molar-refractivity contribution in [3.63, 3.8) is 0 Å². The van der Waals surface area contributed by atoms with Crippen molar-refractivity contribution >= 4 is 33.1 Å². The van der Waals surface area contributed by atoms with Gasteiger partial charge in [0.25, 0.3) is 0 Å². The number of amides is 1. The Balaban J connectivity index is 3.23. The van der Waals surface area contributed by atoms with Crippen LogP contribution in [0.3, 0.4) is 0 Å². The van der Waals surface area contributed by atoms with Crippen molar-refractivity contribution in [3.8, 4) is 0 Å². The Morgan fingerprint density at radius 1 is 1.45 bits per heavy atom. The second-order valence-corrected chi connectivity index (χ2v) is 7.55. The number of primary amides is 1. The zero-order chi connectivity index (χ0) is 15.6. The van der Waals surface area contributed by atoms with Gasteiger partial charge >= 0.3 is 0 Å². The molecular weight excluding hydrogens is 304 g/mol. The minimum atomic E-state index is -4.35. The summed E-state index contributed by atoms with van der Waals surface area (Å²) in [4.78, 5) is 23.7. The summed E-state index contributed by atoms with van der Waals surface area (Å²) < 4.78 is 21.5. The molecule has 1 aromatic rings. The predicted octanol–water partition coefficient (Wildman–Crippen LogP) is -0.330. The summed E-state index contributed by atoms with van der Waals surface area (Å²) in [5, 5.41) is 12.2. The molecule has 112 valence electrons. The molecule has 0 aliphatic carbocycles. The van der Waals surface area contributed by atoms with Crippen LogP contribution >= 0.6 is 11.3 Å². The van der Waals surface area contributed by atoms with Gasteiger partial charge in [-0.2, -0.15) is 0 Å². The number of hydrogen-bond donors (Lipinski definition) is 2. The fourth-order valence-corrected chi connectivity index (χ4v) is 3.58. The third kappa shape index (κ3) is 3.38. The van der Waals surface area contributed by atoms with Crippen LogP contribution in [0.2, 0.25) is 0 Å². The summed E-state index contributed by atoms with van der Waals surface area (Å²) >= 11 is 0.953. The molecule has 0 bridgehead atoms. The summed E-state index contributed by atoms with van der Waals surface area (Å²) in [6.07, 6.45) is -0.764. The van der Waals surface area contributed by atoms with Crippen molar-refractivity contribution < 1.29 is 18.0 Å². The van der Waals surface area contributed by atoms with Crippen LogP contribution in [0.5, 0.6) is 0 Å². The Hall–Kier alpha value is -1.39. The number of nitrogens with two attached hydrogens (primary N) is 2. The van der Waals surface area contributed by atoms with E-state index in [1.807, 2.05) is 0 Å². The third-order valence-electron chi connectivity index (χ3n) is 2.78. The number of hydrogen-bond acceptors (Lipinski definition) is 7. The highest BCUT2D eigenvalue weighted by Crippen LogP contribution is 2.29. The van der Waals surface area contributed by atoms with E-state index in [2.05, 4.69) is 10.2 Å². The maximum Gasteiger partial charge on any atom is 0.240 e. The first-order valence-electron chi connectivity index (χ1n) is 5.72. The van der Waals surface area contributed by atoms with Crippen LogP contribution in [-0.4, -0.2) is 35.1 Å². The molecule has 0 saturated carbocycles. The number of carbonyl (C=O) groups is 2. The standard InChI is InChI=1S/C10H16N4O4S2/c1-6(2)3-10(9(11)16,20(12,17)18)4-7(15)8-14-13-5-19-8/h5-6H,3-4H2,1-2H3,(H2,11,16)(H2,12,17,18). The zero-order valence-electron chi connectivity index (χ0n) is 11.1. The van der Waals surface area contributed by atoms with Crippen LogP contribution in [0, 0.1) is 5.92 Å². The Kier molecular flexibility index (Phi) is 4.95. The van der Waals surface area contributed by atoms with Gasteiger partial charge < -0.3 is 5.73 Å². The maximum absolute atomic E-state index is 12.0. The van der Waals surface area contributed by atoms with E-state index < -0.39 is 32.9 Å². The van der Waals surface area contributed by atoms with Gasteiger partial charge in [-0.3, -0.25) is 9.59 Å². The second-order valence-electron chi connectivity index (χ2n) is 4.85. The molecule has 1 aromatic heterocycles. The van der Waals surface area contributed by atoms with E-state index in [0.717, 1.165) is 11.3 Å². The molecule has 10 heteroatoms. The number of sulfonamides is 1. The third-order valence-corrected chi connectivity index (χ3v) is 5.11. The minimum Gasteiger partial charge on any atom is -0.368 e. The molecule has 0 fully saturated rings. The summed E-state index contributed by atoms with van der Waals surface area (Å²) in [7, 11) is -4.35. The average Bonchev–Trinajstić information content (AvgIpc) is 2.78. The lowest BCUT2D eigenvalue weighted by Crippen LogP contribution is -2.55. The Morgan fingerprint density at radius 3 is 2.40 bits per heavy atom. The molecule has 0 aliphatic heterocycles. The molecule has 1 atom stereocenters. The van der Waals surface area contributed by atoms with Crippen molar-refractivity contribution in [2.24, 2.45) is 16.8 Å². The highest BCUT2D eigenvalue weighted by molar-refractivity contribution is 7.91. The molecule has 20 heavy (non-hydrogen) atoms. The molecule has 0 aromatic carbocycles. The van der Waals surface area contributed by atoms with Crippen LogP contribution in [0.4, 0.5) is 0 Å². The molecule has 0 saturated heterocycles. The summed E-state index contributed by atoms with van der Waals surface area (Å²) in [6, 6.07) is 0. The molecule has 0 aliphatic rings. The number of ketones is 1. The zero-order valence-corrected chi connectivity index (χ0v) is 12.7. The quantitative estimate of drug-likeness (QED) is 0.658. The fraction of sp³-hybridized carbons (Fsp3) is 0.600. The first-order valence-corrected chi connectivity index (χ1v) is 8.14. The van der Waals surface area contributed by atoms with Gasteiger partial charge in [-0.15, -0.1) is 10.2 Å². The topological polar surface area (TPSA) is 146 Å². The van der Waals surface area contributed by atoms with E-state index >= 15 is 0 Å². The summed E-state index contributed by atoms with van der Waals surface area (Å²) in [5.74, 6) is -1.95. The van der Waals surface area contributed by atoms with Crippen molar-refractivity contribution in [2.75, 3.05) is 0 Å². The highest BCUT2D eigenvalue weighted by Gasteiger charge is 2.49. The van der Waals surface area contributed by atoms with Crippen molar-refractivity contribution in [3.05, 3.63) is 10.5 Å². The number of nitrogens with zero attached hydrogens (tertiary/aromatic N) is 2. The van der Waals surface area contributed by atoms with Gasteiger partial charge in [-0.05, 0) is 12.3 Å². The normalized spacial score (nSPS) is 15.0. The van der Waals surface area contributed by atoms with Crippen molar-refractivity contribution in [1.29, 1.82) is 0 Å². The molecule has 4 N–H and O–H groups in total. The smallest absolute Gasteiger partial charge is 0.240 e. The van der Waals surface area contributed by atoms with Crippen molar-refractivity contribution in [1.82, 2.24) is 10.2 Å². The Bertz CT molecular complexity index is 597. The van der Waals surface area contributed by atoms with Gasteiger partial charge in [0.05, 0.1) is 0 Å². The van der Waals surface area contributed by atoms with E-state index in [0.29, 0.717) is 0 Å². The minimum absolute atomic E-state index is 0.0167. The fourth-order valence-electron chi connectivity index (χ4n) is 1.91. The Labute approximate surface area is 120 Å². The highest BCUT2D eigenvalue weighted by atomic mass is 32.2. The molecular formula is C10H16N4O4S2. The molecule has 1 heterocycles. The number of primary sulfonamides is 1. The lowest BCUT2D eigenvalue weighted by molar-refractivity contribution is -0.120. The predicted molar refractivity (Wildman–Crippen MR) is 73.3 cm³/mol. The molecule has 0 spiro atoms. The van der Waals surface area contributed by atoms with E-state index in [1.54, 1.807) is 13.8 Å². The lowest BCUT2D eigenvalue weighted by Gasteiger charge is -2.28. The van der Waals surface area contributed by atoms with Crippen LogP contribution < -0.4 is 10.9 Å². The molecule has 1 unspecified atom stereocenters. The van der Waals surface area contributed by atoms with Crippen LogP contribution in [0.15, 0.2) is 5.51 Å². The number of carbonyl (C=O) groups excluding carboxylic acids is 2. The maximum atomic E-state index is 12.0. The van der Waals surface area contributed by atoms with Crippen LogP contribution in [-0.2, 0) is 14.8 Å².